The van der Waals surface area contributed by atoms with Crippen LogP contribution in [0.2, 0.25) is 0 Å². The number of para-hydroxylation sites is 1. The Morgan fingerprint density at radius 2 is 1.65 bits per heavy atom. The molecule has 4 nitrogen and oxygen atoms in total. The van der Waals surface area contributed by atoms with Crippen molar-refractivity contribution in [3.8, 4) is 11.1 Å². The Kier molecular flexibility index (Phi) is 7.77. The van der Waals surface area contributed by atoms with Crippen molar-refractivity contribution < 1.29 is 0 Å². The van der Waals surface area contributed by atoms with Gasteiger partial charge in [-0.05, 0) is 29.7 Å². The Hall–Kier alpha value is -3.66. The first-order chi connectivity index (χ1) is 15.1. The molecule has 0 saturated carbocycles. The van der Waals surface area contributed by atoms with Gasteiger partial charge >= 0.3 is 0 Å². The zero-order valence-corrected chi connectivity index (χ0v) is 18.4. The molecule has 0 amide bonds. The molecule has 0 fully saturated rings. The van der Waals surface area contributed by atoms with Gasteiger partial charge in [0, 0.05) is 49.0 Å². The second-order valence-electron chi connectivity index (χ2n) is 7.47. The van der Waals surface area contributed by atoms with Crippen LogP contribution in [0.1, 0.15) is 11.1 Å². The molecule has 0 heterocycles. The molecule has 0 aliphatic rings. The van der Waals surface area contributed by atoms with Crippen LogP contribution < -0.4 is 21.3 Å². The minimum Gasteiger partial charge on any atom is -0.403 e. The lowest BCUT2D eigenvalue weighted by molar-refractivity contribution is 0.751. The second kappa shape index (κ2) is 10.9. The summed E-state index contributed by atoms with van der Waals surface area (Å²) in [6.45, 7) is 8.75. The molecule has 0 spiro atoms. The van der Waals surface area contributed by atoms with E-state index in [0.717, 1.165) is 30.0 Å². The summed E-state index contributed by atoms with van der Waals surface area (Å²) in [4.78, 5) is 2.33. The van der Waals surface area contributed by atoms with Gasteiger partial charge in [-0.25, -0.2) is 0 Å². The Bertz CT molecular complexity index is 1020. The van der Waals surface area contributed by atoms with Gasteiger partial charge in [-0.15, -0.1) is 0 Å². The Morgan fingerprint density at radius 3 is 2.35 bits per heavy atom. The summed E-state index contributed by atoms with van der Waals surface area (Å²) >= 11 is 0. The van der Waals surface area contributed by atoms with Gasteiger partial charge in [0.05, 0.1) is 6.54 Å². The van der Waals surface area contributed by atoms with Gasteiger partial charge in [0.15, 0.2) is 0 Å². The third-order valence-electron chi connectivity index (χ3n) is 5.40. The van der Waals surface area contributed by atoms with E-state index < -0.39 is 0 Å². The van der Waals surface area contributed by atoms with E-state index in [-0.39, 0.29) is 0 Å². The molecule has 3 rings (SSSR count). The molecular weight excluding hydrogens is 380 g/mol. The molecule has 0 atom stereocenters. The number of nitrogens with two attached hydrogens (primary N) is 1. The fraction of sp³-hybridized carbons (Fsp3) is 0.185. The first-order valence-electron chi connectivity index (χ1n) is 10.6. The third kappa shape index (κ3) is 5.70. The molecule has 0 aromatic heterocycles. The zero-order valence-electron chi connectivity index (χ0n) is 18.4. The van der Waals surface area contributed by atoms with Crippen molar-refractivity contribution in [1.29, 1.82) is 0 Å². The first-order valence-corrected chi connectivity index (χ1v) is 10.6. The van der Waals surface area contributed by atoms with E-state index in [9.17, 15) is 0 Å². The van der Waals surface area contributed by atoms with Crippen molar-refractivity contribution in [2.24, 2.45) is 5.73 Å². The summed E-state index contributed by atoms with van der Waals surface area (Å²) < 4.78 is 0. The molecule has 31 heavy (non-hydrogen) atoms. The molecule has 160 valence electrons. The average Bonchev–Trinajstić information content (AvgIpc) is 2.82. The molecule has 4 heteroatoms. The molecule has 0 saturated heterocycles. The summed E-state index contributed by atoms with van der Waals surface area (Å²) in [5.41, 5.74) is 13.6. The molecule has 3 aromatic carbocycles. The SMILES string of the molecule is C=C(NCCN(C/C(=C/N)NC)c1ccccc1C)c1ccccc1-c1ccccc1. The van der Waals surface area contributed by atoms with E-state index >= 15 is 0 Å². The molecule has 0 aliphatic carbocycles. The number of hydrogen-bond donors (Lipinski definition) is 3. The van der Waals surface area contributed by atoms with E-state index in [4.69, 9.17) is 5.73 Å². The highest BCUT2D eigenvalue weighted by Gasteiger charge is 2.12. The van der Waals surface area contributed by atoms with Crippen molar-refractivity contribution in [1.82, 2.24) is 10.6 Å². The van der Waals surface area contributed by atoms with Crippen molar-refractivity contribution in [3.63, 3.8) is 0 Å². The van der Waals surface area contributed by atoms with E-state index in [0.29, 0.717) is 6.54 Å². The van der Waals surface area contributed by atoms with E-state index in [1.54, 1.807) is 6.20 Å². The maximum absolute atomic E-state index is 5.79. The number of anilines is 1. The van der Waals surface area contributed by atoms with E-state index in [1.165, 1.54) is 22.4 Å². The molecule has 0 unspecified atom stereocenters. The summed E-state index contributed by atoms with van der Waals surface area (Å²) in [5, 5.41) is 6.71. The van der Waals surface area contributed by atoms with Crippen molar-refractivity contribution in [2.45, 2.75) is 6.92 Å². The topological polar surface area (TPSA) is 53.3 Å². The summed E-state index contributed by atoms with van der Waals surface area (Å²) in [6.07, 6.45) is 1.63. The van der Waals surface area contributed by atoms with Gasteiger partial charge in [-0.1, -0.05) is 79.4 Å². The number of aryl methyl sites for hydroxylation is 1. The predicted molar refractivity (Wildman–Crippen MR) is 134 cm³/mol. The van der Waals surface area contributed by atoms with Crippen LogP contribution in [0.25, 0.3) is 16.8 Å². The normalized spacial score (nSPS) is 11.1. The van der Waals surface area contributed by atoms with Crippen molar-refractivity contribution in [3.05, 3.63) is 108 Å². The van der Waals surface area contributed by atoms with Crippen LogP contribution in [-0.4, -0.2) is 26.7 Å². The van der Waals surface area contributed by atoms with Crippen LogP contribution in [0.3, 0.4) is 0 Å². The maximum Gasteiger partial charge on any atom is 0.0591 e. The maximum atomic E-state index is 5.79. The van der Waals surface area contributed by atoms with Gasteiger partial charge in [0.2, 0.25) is 0 Å². The Morgan fingerprint density at radius 1 is 0.968 bits per heavy atom. The molecule has 4 N–H and O–H groups in total. The average molecular weight is 413 g/mol. The Balaban J connectivity index is 1.72. The number of nitrogens with zero attached hydrogens (tertiary/aromatic N) is 1. The highest BCUT2D eigenvalue weighted by molar-refractivity contribution is 5.79. The van der Waals surface area contributed by atoms with Gasteiger partial charge in [-0.3, -0.25) is 0 Å². The van der Waals surface area contributed by atoms with Crippen LogP contribution >= 0.6 is 0 Å². The zero-order chi connectivity index (χ0) is 22.1. The summed E-state index contributed by atoms with van der Waals surface area (Å²) in [6, 6.07) is 27.2. The molecule has 3 aromatic rings. The molecule has 0 radical (unpaired) electrons. The molecular formula is C27H32N4. The van der Waals surface area contributed by atoms with Crippen molar-refractivity contribution >= 4 is 11.4 Å². The summed E-state index contributed by atoms with van der Waals surface area (Å²) in [7, 11) is 1.90. The fourth-order valence-corrected chi connectivity index (χ4v) is 3.68. The van der Waals surface area contributed by atoms with Crippen LogP contribution in [-0.2, 0) is 0 Å². The van der Waals surface area contributed by atoms with Gasteiger partial charge in [0.25, 0.3) is 0 Å². The quantitative estimate of drug-likeness (QED) is 0.450. The van der Waals surface area contributed by atoms with Gasteiger partial charge in [0.1, 0.15) is 0 Å². The number of rotatable bonds is 10. The first kappa shape index (κ1) is 22.0. The molecule has 0 aliphatic heterocycles. The lowest BCUT2D eigenvalue weighted by Gasteiger charge is -2.28. The minimum atomic E-state index is 0.715. The second-order valence-corrected chi connectivity index (χ2v) is 7.47. The Labute approximate surface area is 186 Å². The number of nitrogens with one attached hydrogen (secondary N) is 2. The van der Waals surface area contributed by atoms with E-state index in [2.05, 4.69) is 102 Å². The summed E-state index contributed by atoms with van der Waals surface area (Å²) in [5.74, 6) is 0. The largest absolute Gasteiger partial charge is 0.403 e. The smallest absolute Gasteiger partial charge is 0.0591 e. The number of hydrogen-bond acceptors (Lipinski definition) is 4. The minimum absolute atomic E-state index is 0.715. The predicted octanol–water partition coefficient (Wildman–Crippen LogP) is 4.75. The standard InChI is InChI=1S/C27H32N4/c1-21-11-7-10-16-27(21)31(20-24(19-28)29-3)18-17-30-22(2)25-14-8-9-15-26(25)23-12-5-4-6-13-23/h4-16,19,29-30H,2,17-18,20,28H2,1,3H3/b24-19-. The van der Waals surface area contributed by atoms with Crippen LogP contribution in [0.4, 0.5) is 5.69 Å². The number of benzene rings is 3. The lowest BCUT2D eigenvalue weighted by atomic mass is 9.98. The van der Waals surface area contributed by atoms with Gasteiger partial charge < -0.3 is 21.3 Å². The fourth-order valence-electron chi connectivity index (χ4n) is 3.68. The van der Waals surface area contributed by atoms with Gasteiger partial charge in [-0.2, -0.15) is 0 Å². The molecule has 0 bridgehead atoms. The highest BCUT2D eigenvalue weighted by Crippen LogP contribution is 2.27. The third-order valence-corrected chi connectivity index (χ3v) is 5.40. The monoisotopic (exact) mass is 412 g/mol. The van der Waals surface area contributed by atoms with Crippen LogP contribution in [0.15, 0.2) is 97.3 Å². The van der Waals surface area contributed by atoms with E-state index in [1.807, 2.05) is 13.1 Å². The van der Waals surface area contributed by atoms with Crippen LogP contribution in [0.5, 0.6) is 0 Å². The number of likely N-dealkylation sites (N-methyl/N-ethyl adjacent to an activating group) is 1. The van der Waals surface area contributed by atoms with Crippen LogP contribution in [0, 0.1) is 6.92 Å². The lowest BCUT2D eigenvalue weighted by Crippen LogP contribution is -2.35. The van der Waals surface area contributed by atoms with Crippen molar-refractivity contribution in [2.75, 3.05) is 31.6 Å². The highest BCUT2D eigenvalue weighted by atomic mass is 15.2.